The van der Waals surface area contributed by atoms with Crippen LogP contribution in [0.25, 0.3) is 5.13 Å². The monoisotopic (exact) mass is 325 g/mol. The first-order valence-corrected chi connectivity index (χ1v) is 8.88. The first-order valence-electron chi connectivity index (χ1n) is 6.67. The topological polar surface area (TPSA) is 67.2 Å². The van der Waals surface area contributed by atoms with Gasteiger partial charge in [-0.1, -0.05) is 11.3 Å². The predicted molar refractivity (Wildman–Crippen MR) is 87.5 cm³/mol. The van der Waals surface area contributed by atoms with Gasteiger partial charge < -0.3 is 15.0 Å². The SMILES string of the molecule is CSCC[C@@H](CO)NC(=O)c1sc(-n2cccc2)nc1C. The van der Waals surface area contributed by atoms with Gasteiger partial charge in [0.05, 0.1) is 18.3 Å². The number of hydrogen-bond donors (Lipinski definition) is 2. The van der Waals surface area contributed by atoms with E-state index in [2.05, 4.69) is 10.3 Å². The molecule has 0 aliphatic carbocycles. The number of carbonyl (C=O) groups excluding carboxylic acids is 1. The number of thiazole rings is 1. The highest BCUT2D eigenvalue weighted by Gasteiger charge is 2.18. The number of carbonyl (C=O) groups is 1. The van der Waals surface area contributed by atoms with Crippen LogP contribution in [0.4, 0.5) is 0 Å². The molecule has 114 valence electrons. The van der Waals surface area contributed by atoms with Crippen molar-refractivity contribution in [3.63, 3.8) is 0 Å². The standard InChI is InChI=1S/C14H19N3O2S2/c1-10-12(13(19)16-11(9-18)5-8-20-2)21-14(15-10)17-6-3-4-7-17/h3-4,6-7,11,18H,5,8-9H2,1-2H3,(H,16,19)/t11-/m0/s1. The van der Waals surface area contributed by atoms with Crippen LogP contribution in [-0.2, 0) is 0 Å². The van der Waals surface area contributed by atoms with Crippen molar-refractivity contribution < 1.29 is 9.90 Å². The van der Waals surface area contributed by atoms with E-state index < -0.39 is 0 Å². The summed E-state index contributed by atoms with van der Waals surface area (Å²) in [6.45, 7) is 1.78. The lowest BCUT2D eigenvalue weighted by Gasteiger charge is -2.15. The molecular formula is C14H19N3O2S2. The molecule has 1 amide bonds. The van der Waals surface area contributed by atoms with Gasteiger partial charge in [0.15, 0.2) is 5.13 Å². The highest BCUT2D eigenvalue weighted by Crippen LogP contribution is 2.21. The summed E-state index contributed by atoms with van der Waals surface area (Å²) in [5.74, 6) is 0.741. The van der Waals surface area contributed by atoms with Crippen molar-refractivity contribution in [2.75, 3.05) is 18.6 Å². The summed E-state index contributed by atoms with van der Waals surface area (Å²) in [6.07, 6.45) is 6.56. The minimum Gasteiger partial charge on any atom is -0.394 e. The first-order chi connectivity index (χ1) is 10.2. The van der Waals surface area contributed by atoms with Crippen LogP contribution in [0, 0.1) is 6.92 Å². The molecule has 2 N–H and O–H groups in total. The van der Waals surface area contributed by atoms with Gasteiger partial charge in [-0.25, -0.2) is 4.98 Å². The molecule has 0 saturated heterocycles. The Kier molecular flexibility index (Phi) is 5.84. The van der Waals surface area contributed by atoms with Crippen molar-refractivity contribution in [1.82, 2.24) is 14.9 Å². The van der Waals surface area contributed by atoms with Crippen LogP contribution in [0.15, 0.2) is 24.5 Å². The molecule has 21 heavy (non-hydrogen) atoms. The molecule has 2 heterocycles. The van der Waals surface area contributed by atoms with Gasteiger partial charge in [-0.3, -0.25) is 4.79 Å². The van der Waals surface area contributed by atoms with E-state index in [0.717, 1.165) is 17.3 Å². The Bertz CT molecular complexity index is 581. The summed E-state index contributed by atoms with van der Waals surface area (Å²) >= 11 is 3.05. The normalized spacial score (nSPS) is 12.3. The molecule has 1 atom stereocenters. The van der Waals surface area contributed by atoms with E-state index in [-0.39, 0.29) is 18.6 Å². The number of aliphatic hydroxyl groups is 1. The van der Waals surface area contributed by atoms with E-state index in [0.29, 0.717) is 10.6 Å². The Morgan fingerprint density at radius 3 is 2.86 bits per heavy atom. The van der Waals surface area contributed by atoms with Gasteiger partial charge >= 0.3 is 0 Å². The second-order valence-electron chi connectivity index (χ2n) is 4.64. The van der Waals surface area contributed by atoms with E-state index in [1.165, 1.54) is 11.3 Å². The highest BCUT2D eigenvalue weighted by atomic mass is 32.2. The number of thioether (sulfide) groups is 1. The number of nitrogens with one attached hydrogen (secondary N) is 1. The molecule has 2 rings (SSSR count). The van der Waals surface area contributed by atoms with E-state index in [9.17, 15) is 9.90 Å². The third kappa shape index (κ3) is 4.09. The molecule has 0 radical (unpaired) electrons. The van der Waals surface area contributed by atoms with Crippen molar-refractivity contribution in [3.05, 3.63) is 35.1 Å². The molecule has 0 spiro atoms. The smallest absolute Gasteiger partial charge is 0.263 e. The van der Waals surface area contributed by atoms with Gasteiger partial charge in [-0.15, -0.1) is 0 Å². The van der Waals surface area contributed by atoms with Gasteiger partial charge in [0.2, 0.25) is 0 Å². The van der Waals surface area contributed by atoms with Gasteiger partial charge in [0.1, 0.15) is 4.88 Å². The fraction of sp³-hybridized carbons (Fsp3) is 0.429. The largest absolute Gasteiger partial charge is 0.394 e. The molecule has 5 nitrogen and oxygen atoms in total. The minimum absolute atomic E-state index is 0.0470. The number of aliphatic hydroxyl groups excluding tert-OH is 1. The Balaban J connectivity index is 2.08. The van der Waals surface area contributed by atoms with Crippen LogP contribution in [0.1, 0.15) is 21.8 Å². The van der Waals surface area contributed by atoms with Crippen LogP contribution < -0.4 is 5.32 Å². The van der Waals surface area contributed by atoms with Gasteiger partial charge in [-0.05, 0) is 37.5 Å². The zero-order chi connectivity index (χ0) is 15.2. The maximum Gasteiger partial charge on any atom is 0.263 e. The second-order valence-corrected chi connectivity index (χ2v) is 6.60. The van der Waals surface area contributed by atoms with E-state index in [1.807, 2.05) is 42.3 Å². The van der Waals surface area contributed by atoms with Crippen molar-refractivity contribution in [2.45, 2.75) is 19.4 Å². The number of amides is 1. The molecule has 0 aromatic carbocycles. The lowest BCUT2D eigenvalue weighted by molar-refractivity contribution is 0.0918. The van der Waals surface area contributed by atoms with Gasteiger partial charge in [0, 0.05) is 12.4 Å². The quantitative estimate of drug-likeness (QED) is 0.818. The fourth-order valence-corrected chi connectivity index (χ4v) is 3.34. The molecule has 2 aromatic rings. The zero-order valence-electron chi connectivity index (χ0n) is 12.1. The lowest BCUT2D eigenvalue weighted by atomic mass is 10.2. The maximum atomic E-state index is 12.3. The van der Waals surface area contributed by atoms with Crippen LogP contribution >= 0.6 is 23.1 Å². The Morgan fingerprint density at radius 2 is 2.24 bits per heavy atom. The Labute approximate surface area is 132 Å². The van der Waals surface area contributed by atoms with E-state index >= 15 is 0 Å². The molecule has 0 saturated carbocycles. The summed E-state index contributed by atoms with van der Waals surface area (Å²) in [4.78, 5) is 17.3. The molecule has 0 fully saturated rings. The maximum absolute atomic E-state index is 12.3. The van der Waals surface area contributed by atoms with Gasteiger partial charge in [0.25, 0.3) is 5.91 Å². The minimum atomic E-state index is -0.207. The molecular weight excluding hydrogens is 306 g/mol. The second kappa shape index (κ2) is 7.63. The number of aromatic nitrogens is 2. The highest BCUT2D eigenvalue weighted by molar-refractivity contribution is 7.98. The molecule has 0 aliphatic rings. The molecule has 2 aromatic heterocycles. The fourth-order valence-electron chi connectivity index (χ4n) is 1.89. The van der Waals surface area contributed by atoms with Crippen molar-refractivity contribution in [2.24, 2.45) is 0 Å². The molecule has 0 bridgehead atoms. The summed E-state index contributed by atoms with van der Waals surface area (Å²) in [5, 5.41) is 13.0. The van der Waals surface area contributed by atoms with E-state index in [4.69, 9.17) is 0 Å². The lowest BCUT2D eigenvalue weighted by Crippen LogP contribution is -2.37. The molecule has 7 heteroatoms. The number of aryl methyl sites for hydroxylation is 1. The average molecular weight is 325 g/mol. The molecule has 0 unspecified atom stereocenters. The Morgan fingerprint density at radius 1 is 1.52 bits per heavy atom. The van der Waals surface area contributed by atoms with Crippen LogP contribution in [0.2, 0.25) is 0 Å². The zero-order valence-corrected chi connectivity index (χ0v) is 13.7. The van der Waals surface area contributed by atoms with Crippen molar-refractivity contribution in [3.8, 4) is 5.13 Å². The third-order valence-corrected chi connectivity index (χ3v) is 4.86. The third-order valence-electron chi connectivity index (χ3n) is 3.04. The number of nitrogens with zero attached hydrogens (tertiary/aromatic N) is 2. The summed E-state index contributed by atoms with van der Waals surface area (Å²) in [5.41, 5.74) is 0.711. The van der Waals surface area contributed by atoms with Crippen molar-refractivity contribution >= 4 is 29.0 Å². The number of rotatable bonds is 7. The van der Waals surface area contributed by atoms with E-state index in [1.54, 1.807) is 11.8 Å². The van der Waals surface area contributed by atoms with Crippen LogP contribution in [-0.4, -0.2) is 45.2 Å². The Hall–Kier alpha value is -1.31. The summed E-state index contributed by atoms with van der Waals surface area (Å²) in [7, 11) is 0. The summed E-state index contributed by atoms with van der Waals surface area (Å²) < 4.78 is 1.88. The predicted octanol–water partition coefficient (Wildman–Crippen LogP) is 2.09. The average Bonchev–Trinajstić information content (AvgIpc) is 3.12. The van der Waals surface area contributed by atoms with Gasteiger partial charge in [-0.2, -0.15) is 11.8 Å². The first kappa shape index (κ1) is 16.1. The van der Waals surface area contributed by atoms with Crippen molar-refractivity contribution in [1.29, 1.82) is 0 Å². The van der Waals surface area contributed by atoms with Crippen LogP contribution in [0.3, 0.4) is 0 Å². The number of hydrogen-bond acceptors (Lipinski definition) is 5. The molecule has 0 aliphatic heterocycles. The van der Waals surface area contributed by atoms with Crippen LogP contribution in [0.5, 0.6) is 0 Å². The summed E-state index contributed by atoms with van der Waals surface area (Å²) in [6, 6.07) is 3.63.